The van der Waals surface area contributed by atoms with Gasteiger partial charge in [-0.25, -0.2) is 9.59 Å². The fraction of sp³-hybridized carbons (Fsp3) is 0.500. The van der Waals surface area contributed by atoms with Crippen LogP contribution in [0.1, 0.15) is 28.8 Å². The molecular weight excluding hydrogens is 414 g/mol. The Hall–Kier alpha value is -2.34. The predicted octanol–water partition coefficient (Wildman–Crippen LogP) is -0.525. The molecule has 0 aliphatic carbocycles. The van der Waals surface area contributed by atoms with Crippen LogP contribution in [0.15, 0.2) is 18.2 Å². The molecule has 1 spiro atoms. The molecule has 0 bridgehead atoms. The molecule has 1 aromatic rings. The lowest BCUT2D eigenvalue weighted by molar-refractivity contribution is -0.133. The molecule has 3 aliphatic rings. The van der Waals surface area contributed by atoms with Crippen molar-refractivity contribution in [3.05, 3.63) is 29.3 Å². The summed E-state index contributed by atoms with van der Waals surface area (Å²) in [5.41, 5.74) is 5.07. The van der Waals surface area contributed by atoms with Gasteiger partial charge in [0.25, 0.3) is 5.91 Å². The molecule has 2 fully saturated rings. The molecule has 4 rings (SSSR count). The van der Waals surface area contributed by atoms with Gasteiger partial charge < -0.3 is 30.7 Å². The van der Waals surface area contributed by atoms with E-state index in [4.69, 9.17) is 10.4 Å². The first-order valence-electron chi connectivity index (χ1n) is 9.64. The standard InChI is InChI=1S/C18H23BN4O6.ClH/c20-6-9-22-7-4-18(5-8-22)16(26)23(17(27)21-18)13-10-11-2-1-3-12(15(24)25)14(11)29-19(13)28;/h1-3,13,28H,4-10,20H2,(H,21,27)(H,24,25);1H/t13-;/m0./s1. The highest BCUT2D eigenvalue weighted by Crippen LogP contribution is 2.36. The molecule has 1 atom stereocenters. The van der Waals surface area contributed by atoms with Crippen LogP contribution < -0.4 is 15.7 Å². The molecule has 0 radical (unpaired) electrons. The summed E-state index contributed by atoms with van der Waals surface area (Å²) in [5.74, 6) is -2.41. The van der Waals surface area contributed by atoms with Crippen LogP contribution in [0.5, 0.6) is 5.75 Å². The van der Waals surface area contributed by atoms with E-state index in [0.717, 1.165) is 11.4 Å². The van der Waals surface area contributed by atoms with Gasteiger partial charge in [-0.1, -0.05) is 12.1 Å². The number of rotatable bonds is 4. The Morgan fingerprint density at radius 2 is 2.03 bits per heavy atom. The number of benzene rings is 1. The van der Waals surface area contributed by atoms with Crippen molar-refractivity contribution in [2.24, 2.45) is 5.73 Å². The van der Waals surface area contributed by atoms with Gasteiger partial charge in [0.05, 0.1) is 11.5 Å². The number of nitrogens with two attached hydrogens (primary N) is 1. The number of urea groups is 1. The van der Waals surface area contributed by atoms with Gasteiger partial charge in [0.15, 0.2) is 0 Å². The van der Waals surface area contributed by atoms with Crippen molar-refractivity contribution in [3.8, 4) is 5.75 Å². The number of nitrogens with one attached hydrogen (secondary N) is 1. The third kappa shape index (κ3) is 3.62. The van der Waals surface area contributed by atoms with Crippen LogP contribution in [0.3, 0.4) is 0 Å². The Morgan fingerprint density at radius 1 is 1.33 bits per heavy atom. The van der Waals surface area contributed by atoms with Crippen molar-refractivity contribution >= 4 is 37.4 Å². The lowest BCUT2D eigenvalue weighted by Gasteiger charge is -2.38. The summed E-state index contributed by atoms with van der Waals surface area (Å²) in [6.07, 6.45) is 1.06. The minimum atomic E-state index is -1.51. The largest absolute Gasteiger partial charge is 0.547 e. The molecule has 2 saturated heterocycles. The quantitative estimate of drug-likeness (QED) is 0.363. The second kappa shape index (κ2) is 8.42. The van der Waals surface area contributed by atoms with Gasteiger partial charge in [0.1, 0.15) is 11.3 Å². The molecule has 0 saturated carbocycles. The number of halogens is 1. The number of aromatic carboxylic acids is 1. The van der Waals surface area contributed by atoms with E-state index in [-0.39, 0.29) is 36.0 Å². The lowest BCUT2D eigenvalue weighted by Crippen LogP contribution is -2.58. The van der Waals surface area contributed by atoms with Gasteiger partial charge in [-0.05, 0) is 30.9 Å². The molecule has 3 amide bonds. The zero-order chi connectivity index (χ0) is 20.8. The van der Waals surface area contributed by atoms with Gasteiger partial charge in [-0.15, -0.1) is 12.4 Å². The summed E-state index contributed by atoms with van der Waals surface area (Å²) < 4.78 is 5.45. The highest BCUT2D eigenvalue weighted by molar-refractivity contribution is 6.47. The SMILES string of the molecule is Cl.NCCN1CCC2(CC1)NC(=O)N([C@H]1Cc3cccc(C(=O)O)c3OB1O)C2=O. The fourth-order valence-corrected chi connectivity index (χ4v) is 4.42. The number of para-hydroxylation sites is 1. The molecule has 0 aromatic heterocycles. The Morgan fingerprint density at radius 3 is 2.67 bits per heavy atom. The van der Waals surface area contributed by atoms with Crippen molar-refractivity contribution in [2.75, 3.05) is 26.2 Å². The van der Waals surface area contributed by atoms with Crippen molar-refractivity contribution in [1.82, 2.24) is 15.1 Å². The third-order valence-electron chi connectivity index (χ3n) is 6.00. The summed E-state index contributed by atoms with van der Waals surface area (Å²) >= 11 is 0. The van der Waals surface area contributed by atoms with E-state index in [1.54, 1.807) is 12.1 Å². The van der Waals surface area contributed by atoms with E-state index >= 15 is 0 Å². The Labute approximate surface area is 179 Å². The third-order valence-corrected chi connectivity index (χ3v) is 6.00. The first kappa shape index (κ1) is 22.4. The van der Waals surface area contributed by atoms with Crippen LogP contribution in [-0.4, -0.2) is 82.6 Å². The summed E-state index contributed by atoms with van der Waals surface area (Å²) in [5, 5.41) is 22.6. The maximum absolute atomic E-state index is 13.2. The van der Waals surface area contributed by atoms with Crippen LogP contribution in [0, 0.1) is 0 Å². The van der Waals surface area contributed by atoms with Gasteiger partial charge in [-0.2, -0.15) is 0 Å². The fourth-order valence-electron chi connectivity index (χ4n) is 4.42. The van der Waals surface area contributed by atoms with Crippen molar-refractivity contribution < 1.29 is 29.2 Å². The second-order valence-corrected chi connectivity index (χ2v) is 7.70. The van der Waals surface area contributed by atoms with E-state index in [9.17, 15) is 24.5 Å². The number of imide groups is 1. The number of hydrogen-bond donors (Lipinski definition) is 4. The van der Waals surface area contributed by atoms with Crippen molar-refractivity contribution in [1.29, 1.82) is 0 Å². The molecule has 1 aromatic carbocycles. The Bertz CT molecular complexity index is 863. The highest BCUT2D eigenvalue weighted by atomic mass is 35.5. The minimum Gasteiger partial charge on any atom is -0.534 e. The molecule has 3 heterocycles. The normalized spacial score (nSPS) is 22.9. The maximum Gasteiger partial charge on any atom is 0.547 e. The molecule has 0 unspecified atom stereocenters. The number of fused-ring (bicyclic) bond motifs is 1. The number of carbonyl (C=O) groups is 3. The van der Waals surface area contributed by atoms with Crippen LogP contribution in [0.4, 0.5) is 4.79 Å². The van der Waals surface area contributed by atoms with E-state index < -0.39 is 30.6 Å². The average Bonchev–Trinajstić information content (AvgIpc) is 2.92. The molecule has 162 valence electrons. The molecule has 10 nitrogen and oxygen atoms in total. The van der Waals surface area contributed by atoms with E-state index in [1.807, 2.05) is 0 Å². The summed E-state index contributed by atoms with van der Waals surface area (Å²) in [6.45, 7) is 2.56. The number of piperidine rings is 1. The van der Waals surface area contributed by atoms with E-state index in [2.05, 4.69) is 10.2 Å². The zero-order valence-electron chi connectivity index (χ0n) is 16.2. The molecule has 5 N–H and O–H groups in total. The molecule has 3 aliphatic heterocycles. The predicted molar refractivity (Wildman–Crippen MR) is 110 cm³/mol. The summed E-state index contributed by atoms with van der Waals surface area (Å²) in [7, 11) is -1.51. The van der Waals surface area contributed by atoms with Crippen LogP contribution in [-0.2, 0) is 11.2 Å². The topological polar surface area (TPSA) is 145 Å². The van der Waals surface area contributed by atoms with Crippen molar-refractivity contribution in [2.45, 2.75) is 30.7 Å². The Kier molecular flexibility index (Phi) is 6.28. The number of carboxylic acid groups (broad SMARTS) is 1. The molecule has 12 heteroatoms. The first-order chi connectivity index (χ1) is 13.9. The van der Waals surface area contributed by atoms with Crippen LogP contribution >= 0.6 is 12.4 Å². The number of likely N-dealkylation sites (tertiary alicyclic amines) is 1. The monoisotopic (exact) mass is 438 g/mol. The molecular formula is C18H24BClN4O6. The summed E-state index contributed by atoms with van der Waals surface area (Å²) in [6, 6.07) is 4.06. The van der Waals surface area contributed by atoms with E-state index in [0.29, 0.717) is 38.0 Å². The number of amides is 3. The zero-order valence-corrected chi connectivity index (χ0v) is 17.1. The number of nitrogens with zero attached hydrogens (tertiary/aromatic N) is 2. The Balaban J connectivity index is 0.00000256. The summed E-state index contributed by atoms with van der Waals surface area (Å²) in [4.78, 5) is 40.5. The lowest BCUT2D eigenvalue weighted by atomic mass is 9.71. The molecule has 30 heavy (non-hydrogen) atoms. The van der Waals surface area contributed by atoms with Gasteiger partial charge in [0.2, 0.25) is 0 Å². The number of hydrogen-bond acceptors (Lipinski definition) is 7. The second-order valence-electron chi connectivity index (χ2n) is 7.70. The minimum absolute atomic E-state index is 0. The van der Waals surface area contributed by atoms with Gasteiger partial charge in [-0.3, -0.25) is 9.69 Å². The highest BCUT2D eigenvalue weighted by Gasteiger charge is 2.57. The van der Waals surface area contributed by atoms with Crippen LogP contribution in [0.2, 0.25) is 0 Å². The van der Waals surface area contributed by atoms with Gasteiger partial charge >= 0.3 is 19.1 Å². The smallest absolute Gasteiger partial charge is 0.534 e. The number of carbonyl (C=O) groups excluding carboxylic acids is 2. The number of carboxylic acids is 1. The van der Waals surface area contributed by atoms with Crippen LogP contribution in [0.25, 0.3) is 0 Å². The van der Waals surface area contributed by atoms with Crippen molar-refractivity contribution in [3.63, 3.8) is 0 Å². The van der Waals surface area contributed by atoms with E-state index in [1.165, 1.54) is 6.07 Å². The maximum atomic E-state index is 13.2. The van der Waals surface area contributed by atoms with Gasteiger partial charge in [0, 0.05) is 26.2 Å². The first-order valence-corrected chi connectivity index (χ1v) is 9.64. The average molecular weight is 439 g/mol.